The number of carbonyl (C=O) groups excluding carboxylic acids is 3. The maximum atomic E-state index is 14.5. The third-order valence-corrected chi connectivity index (χ3v) is 7.92. The van der Waals surface area contributed by atoms with Crippen LogP contribution < -0.4 is 19.7 Å². The third kappa shape index (κ3) is 5.46. The predicted molar refractivity (Wildman–Crippen MR) is 166 cm³/mol. The summed E-state index contributed by atoms with van der Waals surface area (Å²) in [6.45, 7) is 1.89. The summed E-state index contributed by atoms with van der Waals surface area (Å²) in [5, 5.41) is 2.90. The molecule has 1 aliphatic heterocycles. The second kappa shape index (κ2) is 12.2. The summed E-state index contributed by atoms with van der Waals surface area (Å²) in [5.74, 6) is 0.590. The largest absolute Gasteiger partial charge is 0.497 e. The Balaban J connectivity index is 1.33. The SMILES string of the molecule is CCOC(=O)c1ccc(NC(=O)N(CC(=O)N2c3ccccc3-n3cccc3C2c2cc(OC)ccc2OC)C2CC2)cc1. The summed E-state index contributed by atoms with van der Waals surface area (Å²) < 4.78 is 18.4. The van der Waals surface area contributed by atoms with Crippen molar-refractivity contribution in [3.63, 3.8) is 0 Å². The lowest BCUT2D eigenvalue weighted by atomic mass is 9.96. The second-order valence-corrected chi connectivity index (χ2v) is 10.7. The van der Waals surface area contributed by atoms with Crippen molar-refractivity contribution in [2.45, 2.75) is 31.8 Å². The van der Waals surface area contributed by atoms with Crippen LogP contribution in [0.4, 0.5) is 16.2 Å². The Labute approximate surface area is 255 Å². The van der Waals surface area contributed by atoms with Gasteiger partial charge in [-0.1, -0.05) is 12.1 Å². The highest BCUT2D eigenvalue weighted by Gasteiger charge is 2.41. The maximum Gasteiger partial charge on any atom is 0.338 e. The maximum absolute atomic E-state index is 14.5. The fraction of sp³-hybridized carbons (Fsp3) is 0.265. The highest BCUT2D eigenvalue weighted by molar-refractivity contribution is 6.02. The fourth-order valence-electron chi connectivity index (χ4n) is 5.68. The van der Waals surface area contributed by atoms with Crippen molar-refractivity contribution in [2.75, 3.05) is 37.6 Å². The lowest BCUT2D eigenvalue weighted by Crippen LogP contribution is -2.48. The molecular formula is C34H34N4O6. The lowest BCUT2D eigenvalue weighted by molar-refractivity contribution is -0.119. The predicted octanol–water partition coefficient (Wildman–Crippen LogP) is 5.80. The summed E-state index contributed by atoms with van der Waals surface area (Å²) in [5.41, 5.74) is 4.14. The zero-order valence-electron chi connectivity index (χ0n) is 24.9. The molecule has 0 bridgehead atoms. The lowest BCUT2D eigenvalue weighted by Gasteiger charge is -2.40. The van der Waals surface area contributed by atoms with E-state index in [1.54, 1.807) is 55.2 Å². The molecule has 1 aromatic heterocycles. The number of para-hydroxylation sites is 2. The summed E-state index contributed by atoms with van der Waals surface area (Å²) in [7, 11) is 3.20. The van der Waals surface area contributed by atoms with Crippen LogP contribution in [0.25, 0.3) is 5.69 Å². The average Bonchev–Trinajstić information content (AvgIpc) is 3.77. The molecule has 1 saturated carbocycles. The molecule has 1 aliphatic carbocycles. The van der Waals surface area contributed by atoms with Crippen LogP contribution in [0.1, 0.15) is 47.4 Å². The molecule has 44 heavy (non-hydrogen) atoms. The number of nitrogens with zero attached hydrogens (tertiary/aromatic N) is 3. The number of aromatic nitrogens is 1. The van der Waals surface area contributed by atoms with Crippen molar-refractivity contribution in [2.24, 2.45) is 0 Å². The molecule has 1 unspecified atom stereocenters. The van der Waals surface area contributed by atoms with Gasteiger partial charge in [-0.25, -0.2) is 9.59 Å². The number of urea groups is 1. The minimum absolute atomic E-state index is 0.0496. The van der Waals surface area contributed by atoms with Crippen molar-refractivity contribution in [3.8, 4) is 17.2 Å². The van der Waals surface area contributed by atoms with Gasteiger partial charge in [0.1, 0.15) is 24.1 Å². The number of hydrogen-bond donors (Lipinski definition) is 1. The Kier molecular flexibility index (Phi) is 7.97. The molecule has 10 heteroatoms. The highest BCUT2D eigenvalue weighted by Crippen LogP contribution is 2.45. The fourth-order valence-corrected chi connectivity index (χ4v) is 5.68. The summed E-state index contributed by atoms with van der Waals surface area (Å²) >= 11 is 0. The Morgan fingerprint density at radius 2 is 1.66 bits per heavy atom. The second-order valence-electron chi connectivity index (χ2n) is 10.7. The number of ether oxygens (including phenoxy) is 3. The molecule has 0 saturated heterocycles. The van der Waals surface area contributed by atoms with Crippen LogP contribution in [0.5, 0.6) is 11.5 Å². The number of rotatable bonds is 9. The number of methoxy groups -OCH3 is 2. The zero-order chi connectivity index (χ0) is 30.8. The van der Waals surface area contributed by atoms with E-state index in [-0.39, 0.29) is 31.1 Å². The van der Waals surface area contributed by atoms with Gasteiger partial charge in [-0.05, 0) is 86.5 Å². The molecule has 2 heterocycles. The van der Waals surface area contributed by atoms with Crippen molar-refractivity contribution >= 4 is 29.3 Å². The molecule has 3 amide bonds. The van der Waals surface area contributed by atoms with Crippen molar-refractivity contribution in [3.05, 3.63) is 102 Å². The number of hydrogen-bond acceptors (Lipinski definition) is 6. The molecule has 226 valence electrons. The smallest absolute Gasteiger partial charge is 0.338 e. The van der Waals surface area contributed by atoms with Gasteiger partial charge in [0.05, 0.1) is 43.5 Å². The Bertz CT molecular complexity index is 1690. The Morgan fingerprint density at radius 1 is 0.909 bits per heavy atom. The molecule has 1 atom stereocenters. The van der Waals surface area contributed by atoms with Gasteiger partial charge in [0.15, 0.2) is 0 Å². The average molecular weight is 595 g/mol. The van der Waals surface area contributed by atoms with E-state index in [0.29, 0.717) is 22.7 Å². The van der Waals surface area contributed by atoms with Crippen LogP contribution in [-0.4, -0.2) is 60.8 Å². The number of esters is 1. The van der Waals surface area contributed by atoms with Crippen LogP contribution in [0.15, 0.2) is 85.1 Å². The number of amides is 3. The highest BCUT2D eigenvalue weighted by atomic mass is 16.5. The summed E-state index contributed by atoms with van der Waals surface area (Å²) in [4.78, 5) is 43.5. The van der Waals surface area contributed by atoms with Crippen LogP contribution in [-0.2, 0) is 9.53 Å². The molecule has 4 aromatic rings. The zero-order valence-corrected chi connectivity index (χ0v) is 24.9. The normalized spacial score (nSPS) is 15.1. The Morgan fingerprint density at radius 3 is 2.34 bits per heavy atom. The van der Waals surface area contributed by atoms with Gasteiger partial charge in [0.25, 0.3) is 0 Å². The number of benzene rings is 3. The summed E-state index contributed by atoms with van der Waals surface area (Å²) in [6, 6.07) is 22.8. The first-order valence-electron chi connectivity index (χ1n) is 14.6. The quantitative estimate of drug-likeness (QED) is 0.246. The number of carbonyl (C=O) groups is 3. The van der Waals surface area contributed by atoms with Crippen LogP contribution in [0, 0.1) is 0 Å². The van der Waals surface area contributed by atoms with E-state index in [2.05, 4.69) is 9.88 Å². The topological polar surface area (TPSA) is 102 Å². The van der Waals surface area contributed by atoms with Gasteiger partial charge in [0.2, 0.25) is 5.91 Å². The Hall–Kier alpha value is -5.25. The minimum Gasteiger partial charge on any atom is -0.497 e. The van der Waals surface area contributed by atoms with Gasteiger partial charge in [0, 0.05) is 23.5 Å². The van der Waals surface area contributed by atoms with Gasteiger partial charge in [-0.15, -0.1) is 0 Å². The molecule has 0 spiro atoms. The van der Waals surface area contributed by atoms with E-state index in [4.69, 9.17) is 14.2 Å². The van der Waals surface area contributed by atoms with E-state index in [1.807, 2.05) is 60.8 Å². The van der Waals surface area contributed by atoms with E-state index in [9.17, 15) is 14.4 Å². The molecule has 0 radical (unpaired) electrons. The molecular weight excluding hydrogens is 560 g/mol. The number of anilines is 2. The molecule has 6 rings (SSSR count). The van der Waals surface area contributed by atoms with E-state index in [1.165, 1.54) is 0 Å². The molecule has 10 nitrogen and oxygen atoms in total. The monoisotopic (exact) mass is 594 g/mol. The van der Waals surface area contributed by atoms with Gasteiger partial charge >= 0.3 is 12.0 Å². The van der Waals surface area contributed by atoms with Crippen LogP contribution >= 0.6 is 0 Å². The first kappa shape index (κ1) is 28.9. The molecule has 1 fully saturated rings. The van der Waals surface area contributed by atoms with Crippen LogP contribution in [0.2, 0.25) is 0 Å². The van der Waals surface area contributed by atoms with Crippen molar-refractivity contribution in [1.29, 1.82) is 0 Å². The van der Waals surface area contributed by atoms with Gasteiger partial charge < -0.3 is 29.0 Å². The molecule has 2 aliphatic rings. The molecule has 1 N–H and O–H groups in total. The third-order valence-electron chi connectivity index (χ3n) is 7.92. The summed E-state index contributed by atoms with van der Waals surface area (Å²) in [6.07, 6.45) is 3.61. The number of nitrogens with one attached hydrogen (secondary N) is 1. The molecule has 3 aromatic carbocycles. The minimum atomic E-state index is -0.544. The first-order chi connectivity index (χ1) is 21.4. The first-order valence-corrected chi connectivity index (χ1v) is 14.6. The van der Waals surface area contributed by atoms with E-state index < -0.39 is 12.0 Å². The van der Waals surface area contributed by atoms with Crippen LogP contribution in [0.3, 0.4) is 0 Å². The van der Waals surface area contributed by atoms with Gasteiger partial charge in [-0.3, -0.25) is 9.69 Å². The standard InChI is InChI=1S/C34H34N4O6/c1-4-44-33(40)22-11-13-23(14-12-22)35-34(41)37(24-15-16-24)21-31(39)38-28-9-6-5-8-27(28)36-19-7-10-29(36)32(38)26-20-25(42-2)17-18-30(26)43-3/h5-14,17-20,24,32H,4,15-16,21H2,1-3H3,(H,35,41). The van der Waals surface area contributed by atoms with E-state index in [0.717, 1.165) is 35.5 Å². The van der Waals surface area contributed by atoms with Crippen molar-refractivity contribution in [1.82, 2.24) is 9.47 Å². The van der Waals surface area contributed by atoms with Crippen molar-refractivity contribution < 1.29 is 28.6 Å². The van der Waals surface area contributed by atoms with Gasteiger partial charge in [-0.2, -0.15) is 0 Å². The van der Waals surface area contributed by atoms with E-state index >= 15 is 0 Å². The number of fused-ring (bicyclic) bond motifs is 3.